The van der Waals surface area contributed by atoms with Gasteiger partial charge in [0.15, 0.2) is 0 Å². The van der Waals surface area contributed by atoms with Gasteiger partial charge < -0.3 is 5.73 Å². The molecule has 2 aromatic rings. The minimum Gasteiger partial charge on any atom is -0.319 e. The Labute approximate surface area is 123 Å². The van der Waals surface area contributed by atoms with Crippen LogP contribution >= 0.6 is 23.2 Å². The summed E-state index contributed by atoms with van der Waals surface area (Å²) in [5, 5.41) is 0.531. The fourth-order valence-electron chi connectivity index (χ4n) is 1.77. The van der Waals surface area contributed by atoms with E-state index in [1.54, 1.807) is 0 Å². The van der Waals surface area contributed by atoms with Gasteiger partial charge in [0.2, 0.25) is 0 Å². The van der Waals surface area contributed by atoms with Gasteiger partial charge in [-0.2, -0.15) is 13.2 Å². The van der Waals surface area contributed by atoms with Crippen LogP contribution in [0.4, 0.5) is 13.2 Å². The standard InChI is InChI=1S/C13H9Cl2F3N2/c14-9-4-3-7(6-10(9)15)11(19)12-8(13(16,17)18)2-1-5-20-12/h1-6,11H,19H2. The Morgan fingerprint density at radius 1 is 1.10 bits per heavy atom. The summed E-state index contributed by atoms with van der Waals surface area (Å²) in [6.45, 7) is 0. The van der Waals surface area contributed by atoms with Gasteiger partial charge >= 0.3 is 6.18 Å². The van der Waals surface area contributed by atoms with Crippen molar-refractivity contribution in [1.82, 2.24) is 4.98 Å². The number of rotatable bonds is 2. The lowest BCUT2D eigenvalue weighted by Crippen LogP contribution is -2.20. The molecule has 1 unspecified atom stereocenters. The zero-order valence-electron chi connectivity index (χ0n) is 9.96. The fraction of sp³-hybridized carbons (Fsp3) is 0.154. The molecule has 0 spiro atoms. The van der Waals surface area contributed by atoms with Crippen LogP contribution in [0.5, 0.6) is 0 Å². The minimum atomic E-state index is -4.52. The summed E-state index contributed by atoms with van der Waals surface area (Å²) < 4.78 is 38.8. The van der Waals surface area contributed by atoms with Gasteiger partial charge in [-0.1, -0.05) is 29.3 Å². The topological polar surface area (TPSA) is 38.9 Å². The van der Waals surface area contributed by atoms with Crippen molar-refractivity contribution in [2.24, 2.45) is 5.73 Å². The highest BCUT2D eigenvalue weighted by atomic mass is 35.5. The first-order chi connectivity index (χ1) is 9.30. The fourth-order valence-corrected chi connectivity index (χ4v) is 2.08. The van der Waals surface area contributed by atoms with Crippen molar-refractivity contribution in [3.05, 3.63) is 63.4 Å². The predicted molar refractivity (Wildman–Crippen MR) is 71.7 cm³/mol. The predicted octanol–water partition coefficient (Wildman–Crippen LogP) is 4.46. The second kappa shape index (κ2) is 5.60. The van der Waals surface area contributed by atoms with Crippen molar-refractivity contribution in [2.45, 2.75) is 12.2 Å². The second-order valence-electron chi connectivity index (χ2n) is 4.09. The second-order valence-corrected chi connectivity index (χ2v) is 4.90. The number of benzene rings is 1. The van der Waals surface area contributed by atoms with E-state index in [0.717, 1.165) is 6.07 Å². The van der Waals surface area contributed by atoms with Gasteiger partial charge in [-0.05, 0) is 29.8 Å². The van der Waals surface area contributed by atoms with Crippen molar-refractivity contribution in [1.29, 1.82) is 0 Å². The van der Waals surface area contributed by atoms with Crippen LogP contribution in [0.15, 0.2) is 36.5 Å². The molecular formula is C13H9Cl2F3N2. The summed E-state index contributed by atoms with van der Waals surface area (Å²) >= 11 is 11.6. The van der Waals surface area contributed by atoms with E-state index in [2.05, 4.69) is 4.98 Å². The van der Waals surface area contributed by atoms with E-state index in [4.69, 9.17) is 28.9 Å². The molecule has 1 atom stereocenters. The van der Waals surface area contributed by atoms with Crippen LogP contribution in [-0.4, -0.2) is 4.98 Å². The Kier molecular flexibility index (Phi) is 4.22. The van der Waals surface area contributed by atoms with Crippen molar-refractivity contribution >= 4 is 23.2 Å². The molecule has 1 aromatic carbocycles. The van der Waals surface area contributed by atoms with Crippen LogP contribution in [0.25, 0.3) is 0 Å². The van der Waals surface area contributed by atoms with Crippen molar-refractivity contribution in [3.8, 4) is 0 Å². The van der Waals surface area contributed by atoms with E-state index < -0.39 is 17.8 Å². The van der Waals surface area contributed by atoms with Gasteiger partial charge in [0.25, 0.3) is 0 Å². The summed E-state index contributed by atoms with van der Waals surface area (Å²) in [7, 11) is 0. The number of hydrogen-bond acceptors (Lipinski definition) is 2. The van der Waals surface area contributed by atoms with E-state index >= 15 is 0 Å². The third-order valence-corrected chi connectivity index (χ3v) is 3.48. The van der Waals surface area contributed by atoms with E-state index in [1.807, 2.05) is 0 Å². The van der Waals surface area contributed by atoms with Gasteiger partial charge in [0, 0.05) is 6.20 Å². The molecular weight excluding hydrogens is 312 g/mol. The molecule has 1 aromatic heterocycles. The molecule has 0 fully saturated rings. The number of pyridine rings is 1. The van der Waals surface area contributed by atoms with Gasteiger partial charge in [-0.15, -0.1) is 0 Å². The SMILES string of the molecule is NC(c1ccc(Cl)c(Cl)c1)c1ncccc1C(F)(F)F. The summed E-state index contributed by atoms with van der Waals surface area (Å²) in [5.41, 5.74) is 5.16. The van der Waals surface area contributed by atoms with Crippen LogP contribution in [-0.2, 0) is 6.18 Å². The van der Waals surface area contributed by atoms with E-state index in [-0.39, 0.29) is 10.7 Å². The van der Waals surface area contributed by atoms with Crippen LogP contribution in [0.1, 0.15) is 22.9 Å². The largest absolute Gasteiger partial charge is 0.418 e. The molecule has 0 amide bonds. The molecule has 1 heterocycles. The molecule has 0 saturated heterocycles. The molecule has 7 heteroatoms. The lowest BCUT2D eigenvalue weighted by Gasteiger charge is -2.17. The van der Waals surface area contributed by atoms with Crippen LogP contribution in [0, 0.1) is 0 Å². The molecule has 0 aliphatic heterocycles. The van der Waals surface area contributed by atoms with Gasteiger partial charge in [-0.3, -0.25) is 4.98 Å². The molecule has 20 heavy (non-hydrogen) atoms. The lowest BCUT2D eigenvalue weighted by molar-refractivity contribution is -0.138. The Bertz CT molecular complexity index is 629. The molecule has 0 radical (unpaired) electrons. The molecule has 0 bridgehead atoms. The molecule has 2 N–H and O–H groups in total. The van der Waals surface area contributed by atoms with E-state index in [1.165, 1.54) is 30.5 Å². The van der Waals surface area contributed by atoms with Crippen LogP contribution < -0.4 is 5.73 Å². The lowest BCUT2D eigenvalue weighted by atomic mass is 10.00. The normalized spacial score (nSPS) is 13.3. The number of alkyl halides is 3. The van der Waals surface area contributed by atoms with Crippen LogP contribution in [0.3, 0.4) is 0 Å². The highest BCUT2D eigenvalue weighted by Gasteiger charge is 2.35. The molecule has 0 aliphatic rings. The quantitative estimate of drug-likeness (QED) is 0.887. The first-order valence-electron chi connectivity index (χ1n) is 5.53. The van der Waals surface area contributed by atoms with Gasteiger partial charge in [0.05, 0.1) is 27.3 Å². The minimum absolute atomic E-state index is 0.226. The summed E-state index contributed by atoms with van der Waals surface area (Å²) in [4.78, 5) is 3.75. The summed E-state index contributed by atoms with van der Waals surface area (Å²) in [6.07, 6.45) is -3.25. The molecule has 106 valence electrons. The Morgan fingerprint density at radius 3 is 2.40 bits per heavy atom. The number of nitrogens with two attached hydrogens (primary N) is 1. The Hall–Kier alpha value is -1.30. The number of halogens is 5. The zero-order chi connectivity index (χ0) is 14.9. The zero-order valence-corrected chi connectivity index (χ0v) is 11.5. The maximum Gasteiger partial charge on any atom is 0.418 e. The molecule has 0 aliphatic carbocycles. The smallest absolute Gasteiger partial charge is 0.319 e. The van der Waals surface area contributed by atoms with Crippen molar-refractivity contribution in [2.75, 3.05) is 0 Å². The first kappa shape index (κ1) is 15.1. The third-order valence-electron chi connectivity index (χ3n) is 2.74. The molecule has 2 nitrogen and oxygen atoms in total. The van der Waals surface area contributed by atoms with Crippen molar-refractivity contribution in [3.63, 3.8) is 0 Å². The highest BCUT2D eigenvalue weighted by molar-refractivity contribution is 6.42. The highest BCUT2D eigenvalue weighted by Crippen LogP contribution is 2.35. The maximum atomic E-state index is 12.9. The molecule has 0 saturated carbocycles. The average molecular weight is 321 g/mol. The summed E-state index contributed by atoms with van der Waals surface area (Å²) in [6, 6.07) is 5.56. The third kappa shape index (κ3) is 3.06. The maximum absolute atomic E-state index is 12.9. The molecule has 2 rings (SSSR count). The van der Waals surface area contributed by atoms with Crippen LogP contribution in [0.2, 0.25) is 10.0 Å². The Balaban J connectivity index is 2.48. The van der Waals surface area contributed by atoms with E-state index in [0.29, 0.717) is 10.6 Å². The first-order valence-corrected chi connectivity index (χ1v) is 6.29. The number of aromatic nitrogens is 1. The van der Waals surface area contributed by atoms with Gasteiger partial charge in [0.1, 0.15) is 0 Å². The van der Waals surface area contributed by atoms with Gasteiger partial charge in [-0.25, -0.2) is 0 Å². The number of hydrogen-bond donors (Lipinski definition) is 1. The monoisotopic (exact) mass is 320 g/mol. The Morgan fingerprint density at radius 2 is 1.80 bits per heavy atom. The van der Waals surface area contributed by atoms with Crippen molar-refractivity contribution < 1.29 is 13.2 Å². The number of nitrogens with zero attached hydrogens (tertiary/aromatic N) is 1. The van der Waals surface area contributed by atoms with E-state index in [9.17, 15) is 13.2 Å². The summed E-state index contributed by atoms with van der Waals surface area (Å²) in [5.74, 6) is 0. The average Bonchev–Trinajstić information content (AvgIpc) is 2.40.